The van der Waals surface area contributed by atoms with Gasteiger partial charge in [-0.1, -0.05) is 43.3 Å². The Hall–Kier alpha value is -2.55. The molecule has 0 saturated carbocycles. The monoisotopic (exact) mass is 292 g/mol. The van der Waals surface area contributed by atoms with Crippen LogP contribution in [0.2, 0.25) is 0 Å². The minimum Gasteiger partial charge on any atom is -0.351 e. The molecule has 0 aliphatic carbocycles. The lowest BCUT2D eigenvalue weighted by atomic mass is 10.1. The molecule has 0 radical (unpaired) electrons. The number of amides is 1. The maximum Gasteiger partial charge on any atom is 0.268 e. The van der Waals surface area contributed by atoms with Crippen LogP contribution in [-0.4, -0.2) is 10.9 Å². The number of hydrogen-bond donors (Lipinski definition) is 2. The molecule has 3 rings (SSSR count). The van der Waals surface area contributed by atoms with Gasteiger partial charge in [0.2, 0.25) is 0 Å². The van der Waals surface area contributed by atoms with Gasteiger partial charge in [0.15, 0.2) is 0 Å². The van der Waals surface area contributed by atoms with E-state index in [9.17, 15) is 4.79 Å². The Labute approximate surface area is 130 Å². The number of rotatable bonds is 4. The van der Waals surface area contributed by atoms with Crippen molar-refractivity contribution in [3.05, 3.63) is 71.4 Å². The average Bonchev–Trinajstić information content (AvgIpc) is 2.98. The second-order valence-electron chi connectivity index (χ2n) is 5.56. The fourth-order valence-corrected chi connectivity index (χ4v) is 2.62. The zero-order chi connectivity index (χ0) is 15.5. The molecule has 22 heavy (non-hydrogen) atoms. The van der Waals surface area contributed by atoms with E-state index in [4.69, 9.17) is 0 Å². The Balaban J connectivity index is 1.80. The van der Waals surface area contributed by atoms with E-state index >= 15 is 0 Å². The predicted molar refractivity (Wildman–Crippen MR) is 90.0 cm³/mol. The van der Waals surface area contributed by atoms with Crippen molar-refractivity contribution >= 4 is 16.8 Å². The quantitative estimate of drug-likeness (QED) is 0.743. The van der Waals surface area contributed by atoms with Crippen molar-refractivity contribution in [2.75, 3.05) is 0 Å². The summed E-state index contributed by atoms with van der Waals surface area (Å²) in [4.78, 5) is 15.6. The van der Waals surface area contributed by atoms with Crippen LogP contribution in [0.5, 0.6) is 0 Å². The van der Waals surface area contributed by atoms with Gasteiger partial charge >= 0.3 is 0 Å². The SMILES string of the molecule is CCc1ccc2[nH]c(C(=O)NC(C)c3ccccc3)cc2c1. The number of H-pyrrole nitrogens is 1. The minimum absolute atomic E-state index is 0.0219. The summed E-state index contributed by atoms with van der Waals surface area (Å²) in [6.45, 7) is 4.12. The van der Waals surface area contributed by atoms with Crippen LogP contribution in [0.25, 0.3) is 10.9 Å². The van der Waals surface area contributed by atoms with Crippen LogP contribution in [0.15, 0.2) is 54.6 Å². The number of aromatic amines is 1. The topological polar surface area (TPSA) is 44.9 Å². The predicted octanol–water partition coefficient (Wildman–Crippen LogP) is 4.22. The first-order chi connectivity index (χ1) is 10.7. The van der Waals surface area contributed by atoms with Gasteiger partial charge in [-0.3, -0.25) is 4.79 Å². The Kier molecular flexibility index (Phi) is 3.96. The van der Waals surface area contributed by atoms with E-state index in [2.05, 4.69) is 29.4 Å². The fraction of sp³-hybridized carbons (Fsp3) is 0.211. The van der Waals surface area contributed by atoms with Gasteiger partial charge in [0.05, 0.1) is 6.04 Å². The molecule has 3 nitrogen and oxygen atoms in total. The highest BCUT2D eigenvalue weighted by atomic mass is 16.1. The normalized spacial score (nSPS) is 12.3. The second kappa shape index (κ2) is 6.06. The third-order valence-electron chi connectivity index (χ3n) is 3.99. The Morgan fingerprint density at radius 2 is 1.91 bits per heavy atom. The van der Waals surface area contributed by atoms with Gasteiger partial charge in [-0.15, -0.1) is 0 Å². The summed E-state index contributed by atoms with van der Waals surface area (Å²) >= 11 is 0. The van der Waals surface area contributed by atoms with Crippen LogP contribution in [0, 0.1) is 0 Å². The molecule has 0 aliphatic rings. The molecule has 0 saturated heterocycles. The van der Waals surface area contributed by atoms with E-state index in [1.54, 1.807) is 0 Å². The molecular weight excluding hydrogens is 272 g/mol. The summed E-state index contributed by atoms with van der Waals surface area (Å²) < 4.78 is 0. The molecule has 2 aromatic carbocycles. The summed E-state index contributed by atoms with van der Waals surface area (Å²) in [5.41, 5.74) is 3.97. The fourth-order valence-electron chi connectivity index (χ4n) is 2.62. The lowest BCUT2D eigenvalue weighted by molar-refractivity contribution is 0.0935. The van der Waals surface area contributed by atoms with Gasteiger partial charge in [-0.05, 0) is 42.7 Å². The van der Waals surface area contributed by atoms with E-state index < -0.39 is 0 Å². The average molecular weight is 292 g/mol. The lowest BCUT2D eigenvalue weighted by Crippen LogP contribution is -2.26. The van der Waals surface area contributed by atoms with Crippen molar-refractivity contribution in [3.63, 3.8) is 0 Å². The molecule has 1 aromatic heterocycles. The van der Waals surface area contributed by atoms with Crippen molar-refractivity contribution in [2.45, 2.75) is 26.3 Å². The van der Waals surface area contributed by atoms with Gasteiger partial charge in [0.1, 0.15) is 5.69 Å². The third kappa shape index (κ3) is 2.89. The van der Waals surface area contributed by atoms with E-state index in [1.807, 2.05) is 49.4 Å². The third-order valence-corrected chi connectivity index (χ3v) is 3.99. The highest BCUT2D eigenvalue weighted by Crippen LogP contribution is 2.19. The molecule has 112 valence electrons. The number of nitrogens with one attached hydrogen (secondary N) is 2. The van der Waals surface area contributed by atoms with Crippen molar-refractivity contribution in [2.24, 2.45) is 0 Å². The van der Waals surface area contributed by atoms with Crippen molar-refractivity contribution in [3.8, 4) is 0 Å². The molecule has 1 amide bonds. The number of carbonyl (C=O) groups excluding carboxylic acids is 1. The molecule has 0 fully saturated rings. The number of fused-ring (bicyclic) bond motifs is 1. The zero-order valence-corrected chi connectivity index (χ0v) is 12.9. The highest BCUT2D eigenvalue weighted by Gasteiger charge is 2.13. The lowest BCUT2D eigenvalue weighted by Gasteiger charge is -2.13. The van der Waals surface area contributed by atoms with Gasteiger partial charge in [-0.25, -0.2) is 0 Å². The van der Waals surface area contributed by atoms with Gasteiger partial charge in [-0.2, -0.15) is 0 Å². The zero-order valence-electron chi connectivity index (χ0n) is 12.9. The van der Waals surface area contributed by atoms with Crippen LogP contribution in [-0.2, 0) is 6.42 Å². The van der Waals surface area contributed by atoms with Crippen LogP contribution in [0.4, 0.5) is 0 Å². The van der Waals surface area contributed by atoms with Gasteiger partial charge in [0.25, 0.3) is 5.91 Å². The molecule has 1 unspecified atom stereocenters. The molecule has 3 aromatic rings. The number of benzene rings is 2. The van der Waals surface area contributed by atoms with Crippen LogP contribution in [0.1, 0.15) is 41.5 Å². The number of aryl methyl sites for hydroxylation is 1. The summed E-state index contributed by atoms with van der Waals surface area (Å²) in [7, 11) is 0. The van der Waals surface area contributed by atoms with Gasteiger partial charge < -0.3 is 10.3 Å². The summed E-state index contributed by atoms with van der Waals surface area (Å²) in [5, 5.41) is 4.11. The van der Waals surface area contributed by atoms with Gasteiger partial charge in [0, 0.05) is 10.9 Å². The van der Waals surface area contributed by atoms with Crippen LogP contribution < -0.4 is 5.32 Å². The molecule has 0 aliphatic heterocycles. The van der Waals surface area contributed by atoms with E-state index in [0.717, 1.165) is 22.9 Å². The molecular formula is C19H20N2O. The molecule has 0 bridgehead atoms. The highest BCUT2D eigenvalue weighted by molar-refractivity contribution is 5.98. The Morgan fingerprint density at radius 1 is 1.14 bits per heavy atom. The maximum atomic E-state index is 12.4. The van der Waals surface area contributed by atoms with E-state index in [-0.39, 0.29) is 11.9 Å². The van der Waals surface area contributed by atoms with Crippen LogP contribution in [0.3, 0.4) is 0 Å². The summed E-state index contributed by atoms with van der Waals surface area (Å²) in [6.07, 6.45) is 0.994. The number of carbonyl (C=O) groups is 1. The molecule has 1 heterocycles. The van der Waals surface area contributed by atoms with E-state index in [1.165, 1.54) is 5.56 Å². The van der Waals surface area contributed by atoms with Crippen molar-refractivity contribution < 1.29 is 4.79 Å². The first-order valence-electron chi connectivity index (χ1n) is 7.65. The van der Waals surface area contributed by atoms with Crippen LogP contribution >= 0.6 is 0 Å². The summed E-state index contributed by atoms with van der Waals surface area (Å²) in [5.74, 6) is -0.0781. The largest absolute Gasteiger partial charge is 0.351 e. The first-order valence-corrected chi connectivity index (χ1v) is 7.65. The molecule has 3 heteroatoms. The smallest absolute Gasteiger partial charge is 0.268 e. The minimum atomic E-state index is -0.0781. The molecule has 1 atom stereocenters. The second-order valence-corrected chi connectivity index (χ2v) is 5.56. The number of hydrogen-bond acceptors (Lipinski definition) is 1. The van der Waals surface area contributed by atoms with Crippen molar-refractivity contribution in [1.82, 2.24) is 10.3 Å². The molecule has 0 spiro atoms. The van der Waals surface area contributed by atoms with E-state index in [0.29, 0.717) is 5.69 Å². The Bertz CT molecular complexity index is 790. The first kappa shape index (κ1) is 14.4. The summed E-state index contributed by atoms with van der Waals surface area (Å²) in [6, 6.07) is 18.1. The standard InChI is InChI=1S/C19H20N2O/c1-3-14-9-10-17-16(11-14)12-18(21-17)19(22)20-13(2)15-7-5-4-6-8-15/h4-13,21H,3H2,1-2H3,(H,20,22). The molecule has 2 N–H and O–H groups in total. The number of aromatic nitrogens is 1. The Morgan fingerprint density at radius 3 is 2.64 bits per heavy atom. The van der Waals surface area contributed by atoms with Crippen molar-refractivity contribution in [1.29, 1.82) is 0 Å². The maximum absolute atomic E-state index is 12.4.